The summed E-state index contributed by atoms with van der Waals surface area (Å²) in [5.41, 5.74) is 11.7. The quantitative estimate of drug-likeness (QED) is 0.697. The van der Waals surface area contributed by atoms with Gasteiger partial charge in [0.25, 0.3) is 0 Å². The van der Waals surface area contributed by atoms with Crippen LogP contribution in [0.1, 0.15) is 0 Å². The van der Waals surface area contributed by atoms with E-state index >= 15 is 0 Å². The average molecular weight is 193 g/mol. The highest BCUT2D eigenvalue weighted by molar-refractivity contribution is 7.18. The topological polar surface area (TPSA) is 90.7 Å². The van der Waals surface area contributed by atoms with Gasteiger partial charge in [-0.15, -0.1) is 0 Å². The molecule has 66 valence electrons. The SMILES string of the molecule is Nc1cncc(-c2cnc(N)s2)n1. The number of anilines is 2. The Morgan fingerprint density at radius 1 is 1.15 bits per heavy atom. The fourth-order valence-electron chi connectivity index (χ4n) is 0.906. The van der Waals surface area contributed by atoms with Gasteiger partial charge in [0.15, 0.2) is 5.13 Å². The molecule has 0 aliphatic rings. The van der Waals surface area contributed by atoms with E-state index < -0.39 is 0 Å². The second-order valence-electron chi connectivity index (χ2n) is 2.39. The highest BCUT2D eigenvalue weighted by Gasteiger charge is 2.03. The molecule has 4 N–H and O–H groups in total. The van der Waals surface area contributed by atoms with Gasteiger partial charge >= 0.3 is 0 Å². The Morgan fingerprint density at radius 3 is 2.62 bits per heavy atom. The van der Waals surface area contributed by atoms with E-state index in [1.165, 1.54) is 17.5 Å². The molecule has 0 saturated heterocycles. The predicted molar refractivity (Wildman–Crippen MR) is 52.0 cm³/mol. The molecule has 0 amide bonds. The lowest BCUT2D eigenvalue weighted by Gasteiger charge is -1.95. The van der Waals surface area contributed by atoms with Gasteiger partial charge in [0.1, 0.15) is 11.5 Å². The van der Waals surface area contributed by atoms with Crippen molar-refractivity contribution in [3.63, 3.8) is 0 Å². The first-order valence-electron chi connectivity index (χ1n) is 3.55. The Morgan fingerprint density at radius 2 is 2.00 bits per heavy atom. The van der Waals surface area contributed by atoms with Crippen LogP contribution in [0.15, 0.2) is 18.6 Å². The summed E-state index contributed by atoms with van der Waals surface area (Å²) in [7, 11) is 0. The number of hydrogen-bond acceptors (Lipinski definition) is 6. The molecule has 0 radical (unpaired) electrons. The van der Waals surface area contributed by atoms with E-state index in [4.69, 9.17) is 11.5 Å². The molecule has 0 aromatic carbocycles. The maximum atomic E-state index is 5.48. The Kier molecular flexibility index (Phi) is 1.82. The van der Waals surface area contributed by atoms with Crippen molar-refractivity contribution in [2.45, 2.75) is 0 Å². The zero-order valence-corrected chi connectivity index (χ0v) is 7.45. The second kappa shape index (κ2) is 2.98. The van der Waals surface area contributed by atoms with Crippen molar-refractivity contribution in [3.05, 3.63) is 18.6 Å². The number of thiazole rings is 1. The van der Waals surface area contributed by atoms with Crippen LogP contribution in [0.25, 0.3) is 10.6 Å². The highest BCUT2D eigenvalue weighted by Crippen LogP contribution is 2.25. The van der Waals surface area contributed by atoms with E-state index in [0.717, 1.165) is 4.88 Å². The number of nitrogens with two attached hydrogens (primary N) is 2. The van der Waals surface area contributed by atoms with Crippen molar-refractivity contribution in [1.82, 2.24) is 15.0 Å². The van der Waals surface area contributed by atoms with E-state index in [2.05, 4.69) is 15.0 Å². The Balaban J connectivity index is 2.46. The molecule has 6 heteroatoms. The normalized spacial score (nSPS) is 10.2. The molecule has 2 aromatic heterocycles. The second-order valence-corrected chi connectivity index (χ2v) is 3.45. The van der Waals surface area contributed by atoms with Crippen LogP contribution in [-0.2, 0) is 0 Å². The van der Waals surface area contributed by atoms with Gasteiger partial charge in [-0.3, -0.25) is 4.98 Å². The van der Waals surface area contributed by atoms with Gasteiger partial charge in [-0.2, -0.15) is 0 Å². The molecule has 2 rings (SSSR count). The van der Waals surface area contributed by atoms with Gasteiger partial charge in [0, 0.05) is 6.20 Å². The minimum atomic E-state index is 0.393. The third-order valence-corrected chi connectivity index (χ3v) is 2.28. The largest absolute Gasteiger partial charge is 0.382 e. The number of nitrogen functional groups attached to an aromatic ring is 2. The van der Waals surface area contributed by atoms with E-state index in [1.807, 2.05) is 0 Å². The first-order chi connectivity index (χ1) is 6.25. The van der Waals surface area contributed by atoms with Crippen LogP contribution in [0.5, 0.6) is 0 Å². The average Bonchev–Trinajstić information content (AvgIpc) is 2.52. The molecule has 0 saturated carbocycles. The summed E-state index contributed by atoms with van der Waals surface area (Å²) in [6.45, 7) is 0. The van der Waals surface area contributed by atoms with Gasteiger partial charge in [-0.05, 0) is 0 Å². The molecule has 0 unspecified atom stereocenters. The molecule has 0 fully saturated rings. The molecular formula is C7H7N5S. The third-order valence-electron chi connectivity index (χ3n) is 1.43. The number of hydrogen-bond donors (Lipinski definition) is 2. The van der Waals surface area contributed by atoms with E-state index in [9.17, 15) is 0 Å². The van der Waals surface area contributed by atoms with Crippen LogP contribution in [0.4, 0.5) is 10.9 Å². The van der Waals surface area contributed by atoms with E-state index in [0.29, 0.717) is 16.6 Å². The fraction of sp³-hybridized carbons (Fsp3) is 0. The molecule has 5 nitrogen and oxygen atoms in total. The molecule has 0 aliphatic heterocycles. The number of nitrogens with zero attached hydrogens (tertiary/aromatic N) is 3. The van der Waals surface area contributed by atoms with Crippen molar-refractivity contribution >= 4 is 22.3 Å². The van der Waals surface area contributed by atoms with E-state index in [-0.39, 0.29) is 0 Å². The van der Waals surface area contributed by atoms with Crippen molar-refractivity contribution in [1.29, 1.82) is 0 Å². The van der Waals surface area contributed by atoms with Crippen molar-refractivity contribution in [3.8, 4) is 10.6 Å². The predicted octanol–water partition coefficient (Wildman–Crippen LogP) is 0.765. The zero-order chi connectivity index (χ0) is 9.26. The van der Waals surface area contributed by atoms with Gasteiger partial charge in [-0.25, -0.2) is 9.97 Å². The maximum Gasteiger partial charge on any atom is 0.180 e. The first kappa shape index (κ1) is 7.93. The van der Waals surface area contributed by atoms with Crippen molar-refractivity contribution in [2.24, 2.45) is 0 Å². The van der Waals surface area contributed by atoms with Crippen molar-refractivity contribution < 1.29 is 0 Å². The molecular weight excluding hydrogens is 186 g/mol. The van der Waals surface area contributed by atoms with Crippen molar-refractivity contribution in [2.75, 3.05) is 11.5 Å². The van der Waals surface area contributed by atoms with E-state index in [1.54, 1.807) is 12.4 Å². The lowest BCUT2D eigenvalue weighted by Crippen LogP contribution is -1.92. The van der Waals surface area contributed by atoms with Gasteiger partial charge in [-0.1, -0.05) is 11.3 Å². The molecule has 0 aliphatic carbocycles. The summed E-state index contributed by atoms with van der Waals surface area (Å²) in [5.74, 6) is 0.393. The van der Waals surface area contributed by atoms with Gasteiger partial charge in [0.05, 0.1) is 17.3 Å². The van der Waals surface area contributed by atoms with Crippen LogP contribution in [0.3, 0.4) is 0 Å². The molecule has 2 heterocycles. The summed E-state index contributed by atoms with van der Waals surface area (Å²) in [4.78, 5) is 12.8. The summed E-state index contributed by atoms with van der Waals surface area (Å²) < 4.78 is 0. The van der Waals surface area contributed by atoms with Crippen LogP contribution in [0.2, 0.25) is 0 Å². The summed E-state index contributed by atoms with van der Waals surface area (Å²) in [6.07, 6.45) is 4.78. The number of aromatic nitrogens is 3. The Hall–Kier alpha value is -1.69. The highest BCUT2D eigenvalue weighted by atomic mass is 32.1. The molecule has 13 heavy (non-hydrogen) atoms. The standard InChI is InChI=1S/C7H7N5S/c8-6-3-10-1-4(12-6)5-2-11-7(9)13-5/h1-3H,(H2,8,12)(H2,9,11). The van der Waals surface area contributed by atoms with Gasteiger partial charge in [0.2, 0.25) is 0 Å². The lowest BCUT2D eigenvalue weighted by atomic mass is 10.4. The minimum Gasteiger partial charge on any atom is -0.382 e. The molecule has 0 bridgehead atoms. The van der Waals surface area contributed by atoms with Crippen LogP contribution in [-0.4, -0.2) is 15.0 Å². The maximum absolute atomic E-state index is 5.48. The summed E-state index contributed by atoms with van der Waals surface area (Å²) >= 11 is 1.36. The van der Waals surface area contributed by atoms with Crippen LogP contribution < -0.4 is 11.5 Å². The fourth-order valence-corrected chi connectivity index (χ4v) is 1.54. The molecule has 0 atom stereocenters. The smallest absolute Gasteiger partial charge is 0.180 e. The van der Waals surface area contributed by atoms with Gasteiger partial charge < -0.3 is 11.5 Å². The first-order valence-corrected chi connectivity index (χ1v) is 4.36. The molecule has 2 aromatic rings. The lowest BCUT2D eigenvalue weighted by molar-refractivity contribution is 1.22. The van der Waals surface area contributed by atoms with Crippen LogP contribution in [0, 0.1) is 0 Å². The monoisotopic (exact) mass is 193 g/mol. The third kappa shape index (κ3) is 1.57. The summed E-state index contributed by atoms with van der Waals surface area (Å²) in [6, 6.07) is 0. The zero-order valence-electron chi connectivity index (χ0n) is 6.64. The Labute approximate surface area is 78.5 Å². The number of rotatable bonds is 1. The minimum absolute atomic E-state index is 0.393. The molecule has 0 spiro atoms. The Bertz CT molecular complexity index is 424. The van der Waals surface area contributed by atoms with Crippen LogP contribution >= 0.6 is 11.3 Å². The summed E-state index contributed by atoms with van der Waals surface area (Å²) in [5, 5.41) is 0.513.